The van der Waals surface area contributed by atoms with Crippen LogP contribution in [0.1, 0.15) is 13.2 Å². The summed E-state index contributed by atoms with van der Waals surface area (Å²) in [4.78, 5) is 60.1. The van der Waals surface area contributed by atoms with Crippen LogP contribution in [0.15, 0.2) is 21.9 Å². The van der Waals surface area contributed by atoms with Crippen molar-refractivity contribution in [2.24, 2.45) is 0 Å². The molecule has 1 fully saturated rings. The fourth-order valence-corrected chi connectivity index (χ4v) is 5.46. The van der Waals surface area contributed by atoms with Crippen molar-refractivity contribution in [2.75, 3.05) is 6.61 Å². The lowest BCUT2D eigenvalue weighted by atomic mass is 9.98. The minimum absolute atomic E-state index is 0.593. The number of phosphoric acid groups is 3. The number of nitrogens with zero attached hydrogens (tertiary/aromatic N) is 1. The Labute approximate surface area is 165 Å². The highest BCUT2D eigenvalue weighted by molar-refractivity contribution is 7.66. The maximum Gasteiger partial charge on any atom is 0.490 e. The fourth-order valence-electron chi connectivity index (χ4n) is 2.43. The summed E-state index contributed by atoms with van der Waals surface area (Å²) in [5.74, 6) is 0. The first kappa shape index (κ1) is 25.2. The molecule has 3 unspecified atom stereocenters. The molecule has 0 aliphatic carbocycles. The van der Waals surface area contributed by atoms with Crippen LogP contribution < -0.4 is 11.2 Å². The van der Waals surface area contributed by atoms with Crippen molar-refractivity contribution < 1.29 is 60.6 Å². The molecule has 0 amide bonds. The highest BCUT2D eigenvalue weighted by atomic mass is 31.3. The molecule has 6 atom stereocenters. The van der Waals surface area contributed by atoms with Crippen molar-refractivity contribution in [2.45, 2.75) is 31.0 Å². The summed E-state index contributed by atoms with van der Waals surface area (Å²) in [6.07, 6.45) is -4.73. The van der Waals surface area contributed by atoms with Crippen molar-refractivity contribution >= 4 is 23.5 Å². The molecular weight excluding hydrogens is 484 g/mol. The number of aromatic nitrogens is 2. The van der Waals surface area contributed by atoms with E-state index in [-0.39, 0.29) is 0 Å². The molecule has 1 aliphatic heterocycles. The van der Waals surface area contributed by atoms with Crippen molar-refractivity contribution in [3.8, 4) is 0 Å². The molecule has 1 aromatic rings. The molecule has 16 nitrogen and oxygen atoms in total. The Morgan fingerprint density at radius 3 is 2.33 bits per heavy atom. The third-order valence-electron chi connectivity index (χ3n) is 3.64. The third kappa shape index (κ3) is 6.23. The Morgan fingerprint density at radius 2 is 1.80 bits per heavy atom. The van der Waals surface area contributed by atoms with Gasteiger partial charge in [-0.2, -0.15) is 8.62 Å². The summed E-state index contributed by atoms with van der Waals surface area (Å²) >= 11 is 0. The monoisotopic (exact) mass is 500 g/mol. The average Bonchev–Trinajstić information content (AvgIpc) is 2.73. The van der Waals surface area contributed by atoms with E-state index in [0.29, 0.717) is 4.57 Å². The maximum atomic E-state index is 14.9. The normalized spacial score (nSPS) is 31.2. The number of ether oxygens (including phenoxy) is 1. The number of hydrogen-bond acceptors (Lipinski definition) is 10. The zero-order valence-corrected chi connectivity index (χ0v) is 17.4. The minimum atomic E-state index is -5.77. The zero-order valence-electron chi connectivity index (χ0n) is 14.7. The van der Waals surface area contributed by atoms with E-state index in [4.69, 9.17) is 19.4 Å². The Bertz CT molecular complexity index is 1050. The topological polar surface area (TPSA) is 244 Å². The zero-order chi connectivity index (χ0) is 23.1. The molecule has 1 aromatic heterocycles. The number of nitrogens with one attached hydrogen (secondary N) is 1. The molecule has 0 saturated carbocycles. The van der Waals surface area contributed by atoms with Gasteiger partial charge in [-0.05, 0) is 6.92 Å². The summed E-state index contributed by atoms with van der Waals surface area (Å²) in [5.41, 5.74) is -4.55. The summed E-state index contributed by atoms with van der Waals surface area (Å²) in [6.45, 7) is -0.316. The second kappa shape index (κ2) is 8.47. The van der Waals surface area contributed by atoms with E-state index in [1.807, 2.05) is 4.98 Å². The summed E-state index contributed by atoms with van der Waals surface area (Å²) in [7, 11) is -16.9. The molecule has 2 rings (SSSR count). The van der Waals surface area contributed by atoms with Crippen LogP contribution in [0.2, 0.25) is 0 Å². The van der Waals surface area contributed by atoms with Crippen LogP contribution in [0, 0.1) is 0 Å². The highest BCUT2D eigenvalue weighted by Crippen LogP contribution is 2.66. The van der Waals surface area contributed by atoms with E-state index < -0.39 is 65.4 Å². The van der Waals surface area contributed by atoms with Gasteiger partial charge in [-0.25, -0.2) is 22.9 Å². The van der Waals surface area contributed by atoms with Crippen molar-refractivity contribution in [3.05, 3.63) is 33.1 Å². The lowest BCUT2D eigenvalue weighted by Crippen LogP contribution is -2.43. The molecule has 30 heavy (non-hydrogen) atoms. The smallest absolute Gasteiger partial charge is 0.387 e. The van der Waals surface area contributed by atoms with Gasteiger partial charge in [0.15, 0.2) is 11.9 Å². The standard InChI is InChI=1S/C10H16FN2O14P3/c1-10(11)7(15)5(25-8(10)13-3-2-6(14)12-9(13)16)4-24-29(20,21)27-30(22,23)26-28(17,18)19/h2-3,5,7-8,15H,4H2,1H3,(H,20,21)(H,22,23)(H,12,14,16)(H2,17,18,19)/t5-,7+,8-,10?/m1/s1. The molecule has 172 valence electrons. The van der Waals surface area contributed by atoms with Crippen LogP contribution in [0.4, 0.5) is 4.39 Å². The maximum absolute atomic E-state index is 14.9. The lowest BCUT2D eigenvalue weighted by molar-refractivity contribution is -0.0604. The summed E-state index contributed by atoms with van der Waals surface area (Å²) in [6, 6.07) is 0.868. The molecule has 20 heteroatoms. The largest absolute Gasteiger partial charge is 0.490 e. The number of phosphoric ester groups is 1. The number of halogens is 1. The van der Waals surface area contributed by atoms with Gasteiger partial charge in [0.2, 0.25) is 0 Å². The molecule has 1 saturated heterocycles. The van der Waals surface area contributed by atoms with E-state index in [1.54, 1.807) is 0 Å². The molecule has 0 bridgehead atoms. The van der Waals surface area contributed by atoms with E-state index in [1.165, 1.54) is 0 Å². The molecule has 2 heterocycles. The molecular formula is C10H16FN2O14P3. The van der Waals surface area contributed by atoms with Gasteiger partial charge in [0, 0.05) is 12.3 Å². The lowest BCUT2D eigenvalue weighted by Gasteiger charge is -2.24. The number of aliphatic hydroxyl groups is 1. The number of rotatable bonds is 8. The molecule has 0 radical (unpaired) electrons. The first-order valence-electron chi connectivity index (χ1n) is 7.56. The Balaban J connectivity index is 2.13. The van der Waals surface area contributed by atoms with Crippen molar-refractivity contribution in [1.82, 2.24) is 9.55 Å². The van der Waals surface area contributed by atoms with Gasteiger partial charge in [0.1, 0.15) is 12.2 Å². The first-order valence-corrected chi connectivity index (χ1v) is 12.1. The van der Waals surface area contributed by atoms with Gasteiger partial charge in [-0.1, -0.05) is 0 Å². The second-order valence-corrected chi connectivity index (χ2v) is 10.4. The SMILES string of the molecule is CC1(F)[C@@H](O)[C@@H](COP(=O)(O)OP(=O)(O)OP(=O)(O)O)O[C@H]1n1ccc(=O)[nH]c1=O. The number of aromatic amines is 1. The van der Waals surface area contributed by atoms with Gasteiger partial charge in [-0.15, -0.1) is 0 Å². The van der Waals surface area contributed by atoms with Gasteiger partial charge in [0.25, 0.3) is 5.56 Å². The summed E-state index contributed by atoms with van der Waals surface area (Å²) < 4.78 is 65.4. The predicted octanol–water partition coefficient (Wildman–Crippen LogP) is -1.13. The first-order chi connectivity index (χ1) is 13.4. The number of alkyl halides is 1. The Hall–Kier alpha value is -1.06. The van der Waals surface area contributed by atoms with Gasteiger partial charge >= 0.3 is 29.2 Å². The minimum Gasteiger partial charge on any atom is -0.387 e. The summed E-state index contributed by atoms with van der Waals surface area (Å²) in [5, 5.41) is 10.1. The number of hydrogen-bond donors (Lipinski definition) is 6. The highest BCUT2D eigenvalue weighted by Gasteiger charge is 2.56. The van der Waals surface area contributed by atoms with Crippen LogP contribution in [0.25, 0.3) is 0 Å². The molecule has 0 spiro atoms. The van der Waals surface area contributed by atoms with Crippen LogP contribution in [0.3, 0.4) is 0 Å². The van der Waals surface area contributed by atoms with Crippen molar-refractivity contribution in [1.29, 1.82) is 0 Å². The van der Waals surface area contributed by atoms with Crippen LogP contribution >= 0.6 is 23.5 Å². The quantitative estimate of drug-likeness (QED) is 0.231. The average molecular weight is 500 g/mol. The second-order valence-electron chi connectivity index (χ2n) is 6.03. The Morgan fingerprint density at radius 1 is 1.20 bits per heavy atom. The van der Waals surface area contributed by atoms with E-state index >= 15 is 0 Å². The van der Waals surface area contributed by atoms with E-state index in [2.05, 4.69) is 13.1 Å². The number of H-pyrrole nitrogens is 1. The fraction of sp³-hybridized carbons (Fsp3) is 0.600. The molecule has 0 aromatic carbocycles. The third-order valence-corrected chi connectivity index (χ3v) is 7.44. The molecule has 1 aliphatic rings. The van der Waals surface area contributed by atoms with Gasteiger partial charge in [0.05, 0.1) is 6.61 Å². The van der Waals surface area contributed by atoms with Gasteiger partial charge < -0.3 is 29.4 Å². The predicted molar refractivity (Wildman–Crippen MR) is 90.6 cm³/mol. The molecule has 6 N–H and O–H groups in total. The van der Waals surface area contributed by atoms with Crippen molar-refractivity contribution in [3.63, 3.8) is 0 Å². The van der Waals surface area contributed by atoms with Crippen LogP contribution in [0.5, 0.6) is 0 Å². The van der Waals surface area contributed by atoms with Crippen LogP contribution in [-0.2, 0) is 31.6 Å². The van der Waals surface area contributed by atoms with E-state index in [9.17, 15) is 37.7 Å². The Kier molecular flexibility index (Phi) is 7.11. The van der Waals surface area contributed by atoms with E-state index in [0.717, 1.165) is 19.2 Å². The van der Waals surface area contributed by atoms with Gasteiger partial charge in [-0.3, -0.25) is 18.9 Å². The number of aliphatic hydroxyl groups excluding tert-OH is 1. The van der Waals surface area contributed by atoms with Crippen LogP contribution in [-0.4, -0.2) is 58.7 Å².